The molecule has 0 aliphatic heterocycles. The van der Waals surface area contributed by atoms with E-state index < -0.39 is 5.97 Å². The molecule has 7 heteroatoms. The number of carboxylic acid groups (broad SMARTS) is 1. The van der Waals surface area contributed by atoms with Crippen molar-refractivity contribution in [1.82, 2.24) is 14.8 Å². The van der Waals surface area contributed by atoms with Gasteiger partial charge in [0.1, 0.15) is 12.4 Å². The second-order valence-electron chi connectivity index (χ2n) is 7.00. The Balaban J connectivity index is 1.51. The van der Waals surface area contributed by atoms with Crippen LogP contribution in [0, 0.1) is 12.2 Å². The fourth-order valence-corrected chi connectivity index (χ4v) is 3.08. The van der Waals surface area contributed by atoms with Crippen molar-refractivity contribution < 1.29 is 19.0 Å². The molecule has 158 valence electrons. The van der Waals surface area contributed by atoms with E-state index in [1.54, 1.807) is 24.4 Å². The van der Waals surface area contributed by atoms with Gasteiger partial charge in [0, 0.05) is 30.8 Å². The van der Waals surface area contributed by atoms with Gasteiger partial charge in [-0.25, -0.2) is 14.2 Å². The molecule has 1 aliphatic rings. The van der Waals surface area contributed by atoms with Gasteiger partial charge in [0.15, 0.2) is 5.82 Å². The highest BCUT2D eigenvalue weighted by molar-refractivity contribution is 5.87. The van der Waals surface area contributed by atoms with E-state index in [4.69, 9.17) is 4.74 Å². The Kier molecular flexibility index (Phi) is 5.98. The normalized spacial score (nSPS) is 13.5. The van der Waals surface area contributed by atoms with Crippen LogP contribution in [0.1, 0.15) is 15.9 Å². The summed E-state index contributed by atoms with van der Waals surface area (Å²) >= 11 is 0. The number of carboxylic acids is 1. The lowest BCUT2D eigenvalue weighted by Crippen LogP contribution is -2.10. The van der Waals surface area contributed by atoms with Crippen LogP contribution in [0.25, 0.3) is 11.9 Å². The van der Waals surface area contributed by atoms with E-state index in [1.807, 2.05) is 30.7 Å². The summed E-state index contributed by atoms with van der Waals surface area (Å²) in [6, 6.07) is 10.7. The molecule has 2 heterocycles. The average Bonchev–Trinajstić information content (AvgIpc) is 3.27. The maximum absolute atomic E-state index is 13.1. The van der Waals surface area contributed by atoms with Crippen molar-refractivity contribution in [3.05, 3.63) is 120 Å². The Labute approximate surface area is 184 Å². The number of benzene rings is 1. The van der Waals surface area contributed by atoms with Gasteiger partial charge in [0.05, 0.1) is 28.5 Å². The number of aromatic carboxylic acids is 1. The summed E-state index contributed by atoms with van der Waals surface area (Å²) < 4.78 is 20.5. The summed E-state index contributed by atoms with van der Waals surface area (Å²) in [5.74, 6) is -0.563. The molecular formula is C25H19FN3O3+. The number of rotatable bonds is 7. The van der Waals surface area contributed by atoms with Crippen LogP contribution in [0.2, 0.25) is 0 Å². The van der Waals surface area contributed by atoms with Crippen molar-refractivity contribution in [1.29, 1.82) is 0 Å². The number of aromatic nitrogens is 3. The van der Waals surface area contributed by atoms with Gasteiger partial charge < -0.3 is 9.84 Å². The maximum atomic E-state index is 13.1. The minimum absolute atomic E-state index is 0.107. The average molecular weight is 428 g/mol. The van der Waals surface area contributed by atoms with Crippen LogP contribution >= 0.6 is 0 Å². The van der Waals surface area contributed by atoms with Crippen LogP contribution in [-0.2, 0) is 0 Å². The molecule has 0 atom stereocenters. The zero-order chi connectivity index (χ0) is 22.5. The maximum Gasteiger partial charge on any atom is 0.335 e. The Morgan fingerprint density at radius 1 is 1.19 bits per heavy atom. The molecule has 1 aliphatic carbocycles. The summed E-state index contributed by atoms with van der Waals surface area (Å²) in [7, 11) is 0. The molecule has 32 heavy (non-hydrogen) atoms. The molecule has 2 aromatic heterocycles. The van der Waals surface area contributed by atoms with E-state index in [9.17, 15) is 14.3 Å². The Bertz CT molecular complexity index is 1250. The highest BCUT2D eigenvalue weighted by Gasteiger charge is 2.18. The van der Waals surface area contributed by atoms with Gasteiger partial charge in [-0.05, 0) is 42.5 Å². The standard InChI is InChI=1S/C25H18FN3O3/c1-17-2-6-21(19(14-17)7-3-18-4-8-22(26)9-5-18)16-32-24-11-13-28-29(24)23-15-20(25(30)31)10-12-27-23/h2-15H,1,16H2/p+1/b7-3+. The minimum Gasteiger partial charge on any atom is -0.478 e. The van der Waals surface area contributed by atoms with Crippen LogP contribution in [-0.4, -0.2) is 32.4 Å². The highest BCUT2D eigenvalue weighted by Crippen LogP contribution is 2.25. The van der Waals surface area contributed by atoms with Gasteiger partial charge in [-0.2, -0.15) is 9.78 Å². The van der Waals surface area contributed by atoms with Crippen LogP contribution in [0.4, 0.5) is 4.39 Å². The Morgan fingerprint density at radius 2 is 2.00 bits per heavy atom. The zero-order valence-electron chi connectivity index (χ0n) is 17.0. The number of hydrogen-bond donors (Lipinski definition) is 1. The summed E-state index contributed by atoms with van der Waals surface area (Å²) in [6.45, 7) is 4.22. The molecule has 6 nitrogen and oxygen atoms in total. The summed E-state index contributed by atoms with van der Waals surface area (Å²) in [6.07, 6.45) is 12.5. The zero-order valence-corrected chi connectivity index (χ0v) is 17.0. The van der Waals surface area contributed by atoms with Crippen molar-refractivity contribution in [2.45, 2.75) is 0 Å². The van der Waals surface area contributed by atoms with Crippen molar-refractivity contribution >= 4 is 12.0 Å². The third-order valence-electron chi connectivity index (χ3n) is 4.73. The number of pyridine rings is 1. The minimum atomic E-state index is -1.05. The lowest BCUT2D eigenvalue weighted by Gasteiger charge is -2.12. The van der Waals surface area contributed by atoms with Gasteiger partial charge in [-0.1, -0.05) is 18.2 Å². The largest absolute Gasteiger partial charge is 0.478 e. The molecule has 0 saturated carbocycles. The first kappa shape index (κ1) is 20.9. The molecule has 1 aromatic carbocycles. The van der Waals surface area contributed by atoms with E-state index in [2.05, 4.69) is 16.7 Å². The lowest BCUT2D eigenvalue weighted by molar-refractivity contribution is 0.0696. The van der Waals surface area contributed by atoms with Crippen molar-refractivity contribution in [3.63, 3.8) is 0 Å². The first-order valence-corrected chi connectivity index (χ1v) is 9.75. The molecule has 3 aromatic rings. The molecular weight excluding hydrogens is 409 g/mol. The number of ether oxygens (including phenoxy) is 1. The molecule has 0 bridgehead atoms. The predicted molar refractivity (Wildman–Crippen MR) is 119 cm³/mol. The third kappa shape index (κ3) is 4.84. The van der Waals surface area contributed by atoms with Gasteiger partial charge in [-0.3, -0.25) is 0 Å². The second kappa shape index (κ2) is 9.18. The molecule has 0 radical (unpaired) electrons. The number of nitrogens with zero attached hydrogens (tertiary/aromatic N) is 3. The van der Waals surface area contributed by atoms with E-state index in [0.717, 1.165) is 22.3 Å². The topological polar surface area (TPSA) is 77.2 Å². The molecule has 0 fully saturated rings. The molecule has 0 saturated heterocycles. The van der Waals surface area contributed by atoms with Crippen molar-refractivity contribution in [2.75, 3.05) is 6.61 Å². The Morgan fingerprint density at radius 3 is 2.78 bits per heavy atom. The van der Waals surface area contributed by atoms with Gasteiger partial charge in [-0.15, -0.1) is 0 Å². The molecule has 0 amide bonds. The summed E-state index contributed by atoms with van der Waals surface area (Å²) in [5.41, 5.74) is 3.66. The summed E-state index contributed by atoms with van der Waals surface area (Å²) in [5, 5.41) is 13.4. The first-order chi connectivity index (χ1) is 15.5. The van der Waals surface area contributed by atoms with Gasteiger partial charge in [0.2, 0.25) is 5.88 Å². The molecule has 1 N–H and O–H groups in total. The number of hydrogen-bond acceptors (Lipinski definition) is 4. The van der Waals surface area contributed by atoms with Gasteiger partial charge >= 0.3 is 5.97 Å². The fraction of sp³-hybridized carbons (Fsp3) is 0.0400. The van der Waals surface area contributed by atoms with Crippen molar-refractivity contribution in [3.8, 4) is 11.7 Å². The third-order valence-corrected chi connectivity index (χ3v) is 4.73. The van der Waals surface area contributed by atoms with Crippen LogP contribution in [0.3, 0.4) is 0 Å². The lowest BCUT2D eigenvalue weighted by atomic mass is 9.95. The smallest absolute Gasteiger partial charge is 0.335 e. The van der Waals surface area contributed by atoms with Gasteiger partial charge in [0.25, 0.3) is 0 Å². The SMILES string of the molecule is C=C1C=C(/C=C/c2ccc(F)cc2)C(COc2ccnn2-c2cc(C(=O)O)ccn2)=C[CH+]1. The number of allylic oxidation sites excluding steroid dienone is 4. The van der Waals surface area contributed by atoms with E-state index in [0.29, 0.717) is 11.7 Å². The first-order valence-electron chi connectivity index (χ1n) is 9.75. The molecule has 0 spiro atoms. The monoisotopic (exact) mass is 428 g/mol. The predicted octanol–water partition coefficient (Wildman–Crippen LogP) is 4.82. The van der Waals surface area contributed by atoms with Crippen molar-refractivity contribution in [2.24, 2.45) is 0 Å². The number of halogens is 1. The fourth-order valence-electron chi connectivity index (χ4n) is 3.08. The van der Waals surface area contributed by atoms with Crippen LogP contribution < -0.4 is 4.74 Å². The Hall–Kier alpha value is -4.39. The number of carbonyl (C=O) groups is 1. The highest BCUT2D eigenvalue weighted by atomic mass is 19.1. The van der Waals surface area contributed by atoms with E-state index in [1.165, 1.54) is 35.1 Å². The molecule has 4 rings (SSSR count). The quantitative estimate of drug-likeness (QED) is 0.546. The van der Waals surface area contributed by atoms with E-state index >= 15 is 0 Å². The van der Waals surface area contributed by atoms with E-state index in [-0.39, 0.29) is 18.0 Å². The van der Waals surface area contributed by atoms with Crippen LogP contribution in [0.5, 0.6) is 5.88 Å². The molecule has 0 unspecified atom stereocenters. The summed E-state index contributed by atoms with van der Waals surface area (Å²) in [4.78, 5) is 15.4. The second-order valence-corrected chi connectivity index (χ2v) is 7.00. The van der Waals surface area contributed by atoms with Crippen LogP contribution in [0.15, 0.2) is 96.4 Å².